The molecule has 19 heavy (non-hydrogen) atoms. The Labute approximate surface area is 112 Å². The van der Waals surface area contributed by atoms with Crippen LogP contribution in [0.15, 0.2) is 48.5 Å². The molecule has 1 heterocycles. The zero-order chi connectivity index (χ0) is 13.1. The quantitative estimate of drug-likeness (QED) is 0.769. The summed E-state index contributed by atoms with van der Waals surface area (Å²) in [7, 11) is 1.66. The van der Waals surface area contributed by atoms with Gasteiger partial charge in [0.05, 0.1) is 13.7 Å². The second-order valence-corrected chi connectivity index (χ2v) is 4.51. The summed E-state index contributed by atoms with van der Waals surface area (Å²) in [6.07, 6.45) is 0.233. The van der Waals surface area contributed by atoms with Crippen molar-refractivity contribution in [1.29, 1.82) is 0 Å². The van der Waals surface area contributed by atoms with Crippen LogP contribution in [0.4, 0.5) is 0 Å². The van der Waals surface area contributed by atoms with E-state index < -0.39 is 0 Å². The van der Waals surface area contributed by atoms with Crippen molar-refractivity contribution in [2.75, 3.05) is 13.7 Å². The van der Waals surface area contributed by atoms with Crippen molar-refractivity contribution >= 4 is 0 Å². The zero-order valence-corrected chi connectivity index (χ0v) is 10.8. The highest BCUT2D eigenvalue weighted by Gasteiger charge is 2.25. The minimum atomic E-state index is 0.233. The first-order chi connectivity index (χ1) is 9.36. The van der Waals surface area contributed by atoms with E-state index in [-0.39, 0.29) is 6.10 Å². The van der Waals surface area contributed by atoms with E-state index >= 15 is 0 Å². The van der Waals surface area contributed by atoms with E-state index in [4.69, 9.17) is 14.2 Å². The van der Waals surface area contributed by atoms with Crippen molar-refractivity contribution in [2.45, 2.75) is 12.7 Å². The maximum absolute atomic E-state index is 5.80. The maximum Gasteiger partial charge on any atom is 0.161 e. The fourth-order valence-electron chi connectivity index (χ4n) is 1.98. The van der Waals surface area contributed by atoms with Crippen LogP contribution in [-0.4, -0.2) is 13.7 Å². The van der Waals surface area contributed by atoms with Gasteiger partial charge in [0.2, 0.25) is 0 Å². The van der Waals surface area contributed by atoms with Crippen molar-refractivity contribution in [3.8, 4) is 11.5 Å². The second-order valence-electron chi connectivity index (χ2n) is 4.51. The van der Waals surface area contributed by atoms with Gasteiger partial charge in [0.1, 0.15) is 12.7 Å². The van der Waals surface area contributed by atoms with Crippen LogP contribution in [0.5, 0.6) is 11.5 Å². The highest BCUT2D eigenvalue weighted by molar-refractivity contribution is 5.44. The summed E-state index contributed by atoms with van der Waals surface area (Å²) in [6.45, 7) is 1.34. The molecule has 0 aromatic heterocycles. The number of methoxy groups -OCH3 is 1. The average Bonchev–Trinajstić information content (AvgIpc) is 3.30. The minimum absolute atomic E-state index is 0.233. The average molecular weight is 256 g/mol. The van der Waals surface area contributed by atoms with Gasteiger partial charge < -0.3 is 14.2 Å². The number of hydrogen-bond donors (Lipinski definition) is 0. The zero-order valence-electron chi connectivity index (χ0n) is 10.8. The van der Waals surface area contributed by atoms with Crippen LogP contribution in [0.3, 0.4) is 0 Å². The standard InChI is InChI=1S/C16H16O3/c1-17-15-9-13(16-11-19-16)7-8-14(15)18-10-12-5-3-2-4-6-12/h2-9,16H,10-11H2,1H3/t16-/m0/s1. The highest BCUT2D eigenvalue weighted by Crippen LogP contribution is 2.36. The molecule has 0 saturated carbocycles. The Morgan fingerprint density at radius 2 is 1.89 bits per heavy atom. The largest absolute Gasteiger partial charge is 0.493 e. The minimum Gasteiger partial charge on any atom is -0.493 e. The number of ether oxygens (including phenoxy) is 3. The fraction of sp³-hybridized carbons (Fsp3) is 0.250. The summed E-state index contributed by atoms with van der Waals surface area (Å²) in [6, 6.07) is 16.0. The first kappa shape index (κ1) is 12.1. The summed E-state index contributed by atoms with van der Waals surface area (Å²) >= 11 is 0. The van der Waals surface area contributed by atoms with Crippen LogP contribution in [0.2, 0.25) is 0 Å². The van der Waals surface area contributed by atoms with Gasteiger partial charge in [-0.15, -0.1) is 0 Å². The second kappa shape index (κ2) is 5.33. The van der Waals surface area contributed by atoms with Crippen molar-refractivity contribution in [3.63, 3.8) is 0 Å². The molecule has 3 heteroatoms. The van der Waals surface area contributed by atoms with Gasteiger partial charge in [-0.05, 0) is 23.3 Å². The Morgan fingerprint density at radius 3 is 2.58 bits per heavy atom. The molecule has 1 atom stereocenters. The molecule has 0 N–H and O–H groups in total. The third kappa shape index (κ3) is 2.88. The lowest BCUT2D eigenvalue weighted by atomic mass is 10.1. The molecule has 0 unspecified atom stereocenters. The molecule has 1 aliphatic rings. The molecule has 2 aromatic rings. The molecule has 1 aliphatic heterocycles. The lowest BCUT2D eigenvalue weighted by Gasteiger charge is -2.11. The summed E-state index contributed by atoms with van der Waals surface area (Å²) in [4.78, 5) is 0. The highest BCUT2D eigenvalue weighted by atomic mass is 16.6. The van der Waals surface area contributed by atoms with Gasteiger partial charge in [0.15, 0.2) is 11.5 Å². The van der Waals surface area contributed by atoms with E-state index in [9.17, 15) is 0 Å². The lowest BCUT2D eigenvalue weighted by Crippen LogP contribution is -1.98. The number of benzene rings is 2. The molecule has 0 bridgehead atoms. The lowest BCUT2D eigenvalue weighted by molar-refractivity contribution is 0.284. The van der Waals surface area contributed by atoms with E-state index in [1.165, 1.54) is 0 Å². The first-order valence-corrected chi connectivity index (χ1v) is 6.33. The van der Waals surface area contributed by atoms with Gasteiger partial charge >= 0.3 is 0 Å². The molecule has 98 valence electrons. The SMILES string of the molecule is COc1cc([C@@H]2CO2)ccc1OCc1ccccc1. The Balaban J connectivity index is 1.73. The van der Waals surface area contributed by atoms with E-state index in [0.717, 1.165) is 29.2 Å². The Morgan fingerprint density at radius 1 is 1.11 bits per heavy atom. The predicted molar refractivity (Wildman–Crippen MR) is 72.5 cm³/mol. The van der Waals surface area contributed by atoms with E-state index in [0.29, 0.717) is 6.61 Å². The molecule has 3 rings (SSSR count). The first-order valence-electron chi connectivity index (χ1n) is 6.33. The van der Waals surface area contributed by atoms with Gasteiger partial charge in [0.25, 0.3) is 0 Å². The smallest absolute Gasteiger partial charge is 0.161 e. The molecule has 0 aliphatic carbocycles. The van der Waals surface area contributed by atoms with Crippen LogP contribution < -0.4 is 9.47 Å². The van der Waals surface area contributed by atoms with E-state index in [2.05, 4.69) is 0 Å². The van der Waals surface area contributed by atoms with Gasteiger partial charge in [-0.2, -0.15) is 0 Å². The van der Waals surface area contributed by atoms with Crippen LogP contribution >= 0.6 is 0 Å². The third-order valence-electron chi connectivity index (χ3n) is 3.13. The molecule has 1 saturated heterocycles. The summed E-state index contributed by atoms with van der Waals surface area (Å²) < 4.78 is 16.4. The van der Waals surface area contributed by atoms with Crippen LogP contribution in [0, 0.1) is 0 Å². The Kier molecular flexibility index (Phi) is 3.38. The predicted octanol–water partition coefficient (Wildman–Crippen LogP) is 3.35. The summed E-state index contributed by atoms with van der Waals surface area (Å²) in [5.41, 5.74) is 2.28. The van der Waals surface area contributed by atoms with Gasteiger partial charge in [-0.25, -0.2) is 0 Å². The number of epoxide rings is 1. The van der Waals surface area contributed by atoms with E-state index in [1.807, 2.05) is 48.5 Å². The van der Waals surface area contributed by atoms with Gasteiger partial charge in [-0.3, -0.25) is 0 Å². The maximum atomic E-state index is 5.80. The molecule has 0 spiro atoms. The monoisotopic (exact) mass is 256 g/mol. The van der Waals surface area contributed by atoms with Crippen molar-refractivity contribution in [3.05, 3.63) is 59.7 Å². The molecule has 3 nitrogen and oxygen atoms in total. The topological polar surface area (TPSA) is 31.0 Å². The Bertz CT molecular complexity index is 547. The normalized spacial score (nSPS) is 17.0. The molecular weight excluding hydrogens is 240 g/mol. The molecule has 2 aromatic carbocycles. The summed E-state index contributed by atoms with van der Waals surface area (Å²) in [5.74, 6) is 1.51. The van der Waals surface area contributed by atoms with Crippen molar-refractivity contribution < 1.29 is 14.2 Å². The van der Waals surface area contributed by atoms with Crippen LogP contribution in [-0.2, 0) is 11.3 Å². The van der Waals surface area contributed by atoms with Crippen LogP contribution in [0.25, 0.3) is 0 Å². The van der Waals surface area contributed by atoms with Crippen LogP contribution in [0.1, 0.15) is 17.2 Å². The molecular formula is C16H16O3. The number of rotatable bonds is 5. The van der Waals surface area contributed by atoms with Gasteiger partial charge in [-0.1, -0.05) is 36.4 Å². The summed E-state index contributed by atoms with van der Waals surface area (Å²) in [5, 5.41) is 0. The molecule has 0 amide bonds. The third-order valence-corrected chi connectivity index (χ3v) is 3.13. The molecule has 1 fully saturated rings. The van der Waals surface area contributed by atoms with E-state index in [1.54, 1.807) is 7.11 Å². The number of hydrogen-bond acceptors (Lipinski definition) is 3. The molecule has 0 radical (unpaired) electrons. The fourth-order valence-corrected chi connectivity index (χ4v) is 1.98. The van der Waals surface area contributed by atoms with Crippen molar-refractivity contribution in [2.24, 2.45) is 0 Å². The Hall–Kier alpha value is -2.00. The van der Waals surface area contributed by atoms with Crippen molar-refractivity contribution in [1.82, 2.24) is 0 Å². The van der Waals surface area contributed by atoms with Gasteiger partial charge in [0, 0.05) is 0 Å².